The lowest BCUT2D eigenvalue weighted by molar-refractivity contribution is -0.131. The molecule has 3 nitrogen and oxygen atoms in total. The van der Waals surface area contributed by atoms with E-state index in [9.17, 15) is 4.79 Å². The maximum atomic E-state index is 11.2. The van der Waals surface area contributed by atoms with Crippen molar-refractivity contribution in [3.63, 3.8) is 0 Å². The van der Waals surface area contributed by atoms with E-state index >= 15 is 0 Å². The lowest BCUT2D eigenvalue weighted by atomic mass is 10.1. The van der Waals surface area contributed by atoms with Gasteiger partial charge in [-0.25, -0.2) is 4.98 Å². The van der Waals surface area contributed by atoms with E-state index < -0.39 is 0 Å². The fourth-order valence-corrected chi connectivity index (χ4v) is 3.03. The third-order valence-corrected chi connectivity index (χ3v) is 3.98. The van der Waals surface area contributed by atoms with Crippen molar-refractivity contribution in [3.8, 4) is 16.3 Å². The van der Waals surface area contributed by atoms with Crippen LogP contribution in [0.15, 0.2) is 42.5 Å². The third kappa shape index (κ3) is 2.42. The van der Waals surface area contributed by atoms with Crippen LogP contribution in [0.1, 0.15) is 12.5 Å². The average molecular weight is 283 g/mol. The number of benzene rings is 2. The zero-order valence-corrected chi connectivity index (χ0v) is 12.0. The van der Waals surface area contributed by atoms with E-state index in [0.29, 0.717) is 5.75 Å². The molecule has 0 unspecified atom stereocenters. The van der Waals surface area contributed by atoms with Crippen molar-refractivity contribution in [1.29, 1.82) is 0 Å². The van der Waals surface area contributed by atoms with Crippen molar-refractivity contribution in [3.05, 3.63) is 48.0 Å². The Labute approximate surface area is 120 Å². The molecule has 1 heterocycles. The van der Waals surface area contributed by atoms with Gasteiger partial charge in [0.1, 0.15) is 10.8 Å². The summed E-state index contributed by atoms with van der Waals surface area (Å²) < 4.78 is 6.40. The van der Waals surface area contributed by atoms with Crippen LogP contribution in [-0.4, -0.2) is 11.0 Å². The Kier molecular flexibility index (Phi) is 3.24. The van der Waals surface area contributed by atoms with Gasteiger partial charge in [-0.15, -0.1) is 11.3 Å². The van der Waals surface area contributed by atoms with Gasteiger partial charge in [0.15, 0.2) is 0 Å². The van der Waals surface area contributed by atoms with Gasteiger partial charge in [-0.3, -0.25) is 4.79 Å². The average Bonchev–Trinajstić information content (AvgIpc) is 2.84. The number of hydrogen-bond acceptors (Lipinski definition) is 4. The predicted octanol–water partition coefficient (Wildman–Crippen LogP) is 4.20. The number of aromatic nitrogens is 1. The maximum absolute atomic E-state index is 11.2. The van der Waals surface area contributed by atoms with Gasteiger partial charge in [0, 0.05) is 6.92 Å². The Balaban J connectivity index is 2.16. The van der Waals surface area contributed by atoms with Crippen molar-refractivity contribution < 1.29 is 9.53 Å². The van der Waals surface area contributed by atoms with Gasteiger partial charge in [-0.05, 0) is 31.2 Å². The van der Waals surface area contributed by atoms with E-state index in [1.54, 1.807) is 11.3 Å². The zero-order valence-electron chi connectivity index (χ0n) is 11.2. The molecule has 0 saturated carbocycles. The highest BCUT2D eigenvalue weighted by molar-refractivity contribution is 7.21. The van der Waals surface area contributed by atoms with Crippen molar-refractivity contribution >= 4 is 27.5 Å². The number of ether oxygens (including phenoxy) is 1. The van der Waals surface area contributed by atoms with E-state index in [1.165, 1.54) is 6.92 Å². The van der Waals surface area contributed by atoms with Crippen molar-refractivity contribution in [2.75, 3.05) is 0 Å². The number of hydrogen-bond donors (Lipinski definition) is 0. The van der Waals surface area contributed by atoms with Gasteiger partial charge in [-0.2, -0.15) is 0 Å². The Morgan fingerprint density at radius 1 is 1.20 bits per heavy atom. The van der Waals surface area contributed by atoms with Crippen LogP contribution >= 0.6 is 11.3 Å². The molecular weight excluding hydrogens is 270 g/mol. The molecular formula is C16H13NO2S. The van der Waals surface area contributed by atoms with E-state index in [2.05, 4.69) is 4.98 Å². The standard InChI is InChI=1S/C16H13NO2S/c1-10-7-8-14(19-11(2)18)12(9-10)16-17-13-5-3-4-6-15(13)20-16/h3-9H,1-2H3. The topological polar surface area (TPSA) is 39.2 Å². The Hall–Kier alpha value is -2.20. The van der Waals surface area contributed by atoms with Crippen LogP contribution < -0.4 is 4.74 Å². The summed E-state index contributed by atoms with van der Waals surface area (Å²) in [4.78, 5) is 15.8. The van der Waals surface area contributed by atoms with Gasteiger partial charge >= 0.3 is 5.97 Å². The second kappa shape index (κ2) is 5.06. The van der Waals surface area contributed by atoms with Crippen LogP contribution in [0.5, 0.6) is 5.75 Å². The number of rotatable bonds is 2. The van der Waals surface area contributed by atoms with E-state index in [4.69, 9.17) is 4.74 Å². The van der Waals surface area contributed by atoms with Crippen LogP contribution in [0.3, 0.4) is 0 Å². The number of aryl methyl sites for hydroxylation is 1. The number of nitrogens with zero attached hydrogens (tertiary/aromatic N) is 1. The summed E-state index contributed by atoms with van der Waals surface area (Å²) in [5.41, 5.74) is 2.93. The monoisotopic (exact) mass is 283 g/mol. The molecule has 0 aliphatic rings. The number of esters is 1. The van der Waals surface area contributed by atoms with Crippen molar-refractivity contribution in [2.45, 2.75) is 13.8 Å². The quantitative estimate of drug-likeness (QED) is 0.522. The SMILES string of the molecule is CC(=O)Oc1ccc(C)cc1-c1nc2ccccc2s1. The van der Waals surface area contributed by atoms with Crippen LogP contribution in [0.4, 0.5) is 0 Å². The third-order valence-electron chi connectivity index (χ3n) is 2.91. The predicted molar refractivity (Wildman–Crippen MR) is 81.1 cm³/mol. The molecule has 3 rings (SSSR count). The van der Waals surface area contributed by atoms with E-state index in [1.807, 2.05) is 49.4 Å². The highest BCUT2D eigenvalue weighted by atomic mass is 32.1. The van der Waals surface area contributed by atoms with Gasteiger partial charge in [0.25, 0.3) is 0 Å². The Morgan fingerprint density at radius 3 is 2.75 bits per heavy atom. The first-order chi connectivity index (χ1) is 9.63. The van der Waals surface area contributed by atoms with Gasteiger partial charge in [0.2, 0.25) is 0 Å². The minimum absolute atomic E-state index is 0.323. The molecule has 0 atom stereocenters. The maximum Gasteiger partial charge on any atom is 0.308 e. The molecule has 0 fully saturated rings. The highest BCUT2D eigenvalue weighted by Crippen LogP contribution is 2.36. The molecule has 20 heavy (non-hydrogen) atoms. The fraction of sp³-hybridized carbons (Fsp3) is 0.125. The second-order valence-electron chi connectivity index (χ2n) is 4.58. The summed E-state index contributed by atoms with van der Waals surface area (Å²) in [6.07, 6.45) is 0. The van der Waals surface area contributed by atoms with Crippen LogP contribution in [0.25, 0.3) is 20.8 Å². The molecule has 3 aromatic rings. The molecule has 0 radical (unpaired) electrons. The van der Waals surface area contributed by atoms with Crippen molar-refractivity contribution in [2.24, 2.45) is 0 Å². The van der Waals surface area contributed by atoms with Crippen LogP contribution in [0.2, 0.25) is 0 Å². The lowest BCUT2D eigenvalue weighted by Crippen LogP contribution is -2.02. The summed E-state index contributed by atoms with van der Waals surface area (Å²) in [5, 5.41) is 0.867. The molecule has 0 N–H and O–H groups in total. The number of carbonyl (C=O) groups is 1. The van der Waals surface area contributed by atoms with E-state index in [0.717, 1.165) is 26.4 Å². The van der Waals surface area contributed by atoms with Crippen LogP contribution in [0, 0.1) is 6.92 Å². The molecule has 0 aliphatic heterocycles. The molecule has 100 valence electrons. The summed E-state index contributed by atoms with van der Waals surface area (Å²) >= 11 is 1.60. The molecule has 4 heteroatoms. The van der Waals surface area contributed by atoms with Gasteiger partial charge in [-0.1, -0.05) is 23.8 Å². The van der Waals surface area contributed by atoms with Crippen molar-refractivity contribution in [1.82, 2.24) is 4.98 Å². The minimum Gasteiger partial charge on any atom is -0.426 e. The first-order valence-corrected chi connectivity index (χ1v) is 7.10. The highest BCUT2D eigenvalue weighted by Gasteiger charge is 2.13. The largest absolute Gasteiger partial charge is 0.426 e. The fourth-order valence-electron chi connectivity index (χ4n) is 2.04. The molecule has 1 aromatic heterocycles. The zero-order chi connectivity index (χ0) is 14.1. The van der Waals surface area contributed by atoms with Gasteiger partial charge < -0.3 is 4.74 Å². The number of para-hydroxylation sites is 1. The molecule has 0 aliphatic carbocycles. The minimum atomic E-state index is -0.323. The number of thiazole rings is 1. The molecule has 0 saturated heterocycles. The number of carbonyl (C=O) groups excluding carboxylic acids is 1. The molecule has 2 aromatic carbocycles. The number of fused-ring (bicyclic) bond motifs is 1. The smallest absolute Gasteiger partial charge is 0.308 e. The first kappa shape index (κ1) is 12.8. The summed E-state index contributed by atoms with van der Waals surface area (Å²) in [7, 11) is 0. The van der Waals surface area contributed by atoms with Gasteiger partial charge in [0.05, 0.1) is 15.8 Å². The Morgan fingerprint density at radius 2 is 2.00 bits per heavy atom. The lowest BCUT2D eigenvalue weighted by Gasteiger charge is -2.07. The molecule has 0 spiro atoms. The normalized spacial score (nSPS) is 10.7. The molecule has 0 amide bonds. The molecule has 0 bridgehead atoms. The summed E-state index contributed by atoms with van der Waals surface area (Å²) in [5.74, 6) is 0.235. The first-order valence-electron chi connectivity index (χ1n) is 6.28. The summed E-state index contributed by atoms with van der Waals surface area (Å²) in [6.45, 7) is 3.41. The van der Waals surface area contributed by atoms with Crippen LogP contribution in [-0.2, 0) is 4.79 Å². The second-order valence-corrected chi connectivity index (χ2v) is 5.61. The summed E-state index contributed by atoms with van der Waals surface area (Å²) in [6, 6.07) is 13.7. The Bertz CT molecular complexity index is 759. The van der Waals surface area contributed by atoms with E-state index in [-0.39, 0.29) is 5.97 Å².